The molecule has 0 aliphatic heterocycles. The van der Waals surface area contributed by atoms with Crippen molar-refractivity contribution in [1.29, 1.82) is 0 Å². The first-order valence-electron chi connectivity index (χ1n) is 6.28. The lowest BCUT2D eigenvalue weighted by atomic mass is 10.2. The zero-order valence-electron chi connectivity index (χ0n) is 11.0. The Morgan fingerprint density at radius 3 is 2.90 bits per heavy atom. The second-order valence-corrected chi connectivity index (χ2v) is 7.32. The van der Waals surface area contributed by atoms with Gasteiger partial charge >= 0.3 is 0 Å². The maximum absolute atomic E-state index is 12.2. The number of rotatable bonds is 5. The van der Waals surface area contributed by atoms with Crippen LogP contribution in [0.5, 0.6) is 0 Å². The molecular formula is C15H12ClNO2S2. The normalized spacial score (nSPS) is 12.4. The summed E-state index contributed by atoms with van der Waals surface area (Å²) in [5.74, 6) is 1.42. The fourth-order valence-corrected chi connectivity index (χ4v) is 3.90. The summed E-state index contributed by atoms with van der Waals surface area (Å²) in [6.45, 7) is 0. The maximum atomic E-state index is 12.2. The molecule has 6 heteroatoms. The number of aromatic nitrogens is 1. The summed E-state index contributed by atoms with van der Waals surface area (Å²) in [7, 11) is -1.04. The minimum atomic E-state index is -1.04. The molecule has 0 aliphatic rings. The predicted molar refractivity (Wildman–Crippen MR) is 86.8 cm³/mol. The molecule has 0 spiro atoms. The first-order valence-corrected chi connectivity index (χ1v) is 9.03. The molecule has 21 heavy (non-hydrogen) atoms. The highest BCUT2D eigenvalue weighted by molar-refractivity contribution is 7.83. The van der Waals surface area contributed by atoms with Crippen LogP contribution in [0.4, 0.5) is 0 Å². The Balaban J connectivity index is 1.65. The fourth-order valence-electron chi connectivity index (χ4n) is 1.92. The van der Waals surface area contributed by atoms with Gasteiger partial charge in [0, 0.05) is 21.6 Å². The van der Waals surface area contributed by atoms with Crippen LogP contribution in [0.1, 0.15) is 11.3 Å². The van der Waals surface area contributed by atoms with Gasteiger partial charge in [0.1, 0.15) is 6.26 Å². The summed E-state index contributed by atoms with van der Waals surface area (Å²) in [4.78, 5) is 5.35. The van der Waals surface area contributed by atoms with Crippen LogP contribution in [0.25, 0.3) is 10.8 Å². The molecule has 3 aromatic rings. The molecule has 2 aromatic heterocycles. The predicted octanol–water partition coefficient (Wildman–Crippen LogP) is 4.51. The Kier molecular flexibility index (Phi) is 4.53. The van der Waals surface area contributed by atoms with E-state index < -0.39 is 10.8 Å². The summed E-state index contributed by atoms with van der Waals surface area (Å²) in [6, 6.07) is 11.3. The van der Waals surface area contributed by atoms with Crippen LogP contribution in [0.3, 0.4) is 0 Å². The highest BCUT2D eigenvalue weighted by Crippen LogP contribution is 2.24. The topological polar surface area (TPSA) is 43.1 Å². The summed E-state index contributed by atoms with van der Waals surface area (Å²) in [5.41, 5.74) is 1.67. The smallest absolute Gasteiger partial charge is 0.236 e. The molecular weight excluding hydrogens is 326 g/mol. The van der Waals surface area contributed by atoms with Gasteiger partial charge in [0.05, 0.1) is 16.3 Å². The molecule has 0 saturated carbocycles. The molecule has 0 unspecified atom stereocenters. The van der Waals surface area contributed by atoms with Gasteiger partial charge in [-0.1, -0.05) is 29.8 Å². The van der Waals surface area contributed by atoms with Crippen molar-refractivity contribution in [3.8, 4) is 10.8 Å². The first kappa shape index (κ1) is 14.5. The maximum Gasteiger partial charge on any atom is 0.236 e. The van der Waals surface area contributed by atoms with Gasteiger partial charge in [-0.3, -0.25) is 4.21 Å². The van der Waals surface area contributed by atoms with E-state index in [9.17, 15) is 4.21 Å². The average molecular weight is 338 g/mol. The van der Waals surface area contributed by atoms with E-state index >= 15 is 0 Å². The van der Waals surface area contributed by atoms with Crippen LogP contribution in [-0.4, -0.2) is 9.19 Å². The van der Waals surface area contributed by atoms with Crippen molar-refractivity contribution < 1.29 is 8.63 Å². The van der Waals surface area contributed by atoms with Gasteiger partial charge in [-0.25, -0.2) is 4.98 Å². The van der Waals surface area contributed by atoms with E-state index in [1.54, 1.807) is 23.7 Å². The van der Waals surface area contributed by atoms with Crippen molar-refractivity contribution in [1.82, 2.24) is 4.98 Å². The summed E-state index contributed by atoms with van der Waals surface area (Å²) >= 11 is 7.49. The van der Waals surface area contributed by atoms with Crippen LogP contribution < -0.4 is 0 Å². The Hall–Kier alpha value is -1.43. The van der Waals surface area contributed by atoms with Crippen LogP contribution in [0, 0.1) is 0 Å². The molecule has 0 N–H and O–H groups in total. The lowest BCUT2D eigenvalue weighted by Crippen LogP contribution is -1.99. The molecule has 2 heterocycles. The average Bonchev–Trinajstić information content (AvgIpc) is 3.08. The number of hydrogen-bond acceptors (Lipinski definition) is 4. The standard InChI is InChI=1S/C15H12ClNO2S2/c16-12-4-1-3-11(7-12)9-21(18)10-13-8-19-15(17-13)14-5-2-6-20-14/h1-8H,9-10H2/t21-/m1/s1. The van der Waals surface area contributed by atoms with Gasteiger partial charge in [0.25, 0.3) is 0 Å². The van der Waals surface area contributed by atoms with Crippen molar-refractivity contribution in [2.45, 2.75) is 11.5 Å². The van der Waals surface area contributed by atoms with Crippen molar-refractivity contribution in [3.05, 3.63) is 64.3 Å². The third-order valence-corrected chi connectivity index (χ3v) is 5.18. The minimum absolute atomic E-state index is 0.376. The molecule has 0 amide bonds. The molecule has 0 bridgehead atoms. The van der Waals surface area contributed by atoms with Crippen molar-refractivity contribution >= 4 is 33.7 Å². The molecule has 108 valence electrons. The third kappa shape index (κ3) is 3.81. The first-order chi connectivity index (χ1) is 10.2. The molecule has 3 rings (SSSR count). The molecule has 0 radical (unpaired) electrons. The van der Waals surface area contributed by atoms with E-state index in [-0.39, 0.29) is 0 Å². The fraction of sp³-hybridized carbons (Fsp3) is 0.133. The van der Waals surface area contributed by atoms with E-state index in [4.69, 9.17) is 16.0 Å². The second kappa shape index (κ2) is 6.56. The van der Waals surface area contributed by atoms with E-state index in [0.29, 0.717) is 28.1 Å². The zero-order valence-corrected chi connectivity index (χ0v) is 13.4. The molecule has 0 fully saturated rings. The largest absolute Gasteiger partial charge is 0.444 e. The number of nitrogens with zero attached hydrogens (tertiary/aromatic N) is 1. The van der Waals surface area contributed by atoms with Crippen molar-refractivity contribution in [2.24, 2.45) is 0 Å². The quantitative estimate of drug-likeness (QED) is 0.688. The van der Waals surface area contributed by atoms with Crippen molar-refractivity contribution in [2.75, 3.05) is 0 Å². The number of hydrogen-bond donors (Lipinski definition) is 0. The van der Waals surface area contributed by atoms with E-state index in [2.05, 4.69) is 4.98 Å². The highest BCUT2D eigenvalue weighted by atomic mass is 35.5. The van der Waals surface area contributed by atoms with Crippen LogP contribution in [0.2, 0.25) is 5.02 Å². The van der Waals surface area contributed by atoms with E-state index in [1.165, 1.54) is 0 Å². The third-order valence-electron chi connectivity index (χ3n) is 2.81. The van der Waals surface area contributed by atoms with E-state index in [1.807, 2.05) is 35.7 Å². The van der Waals surface area contributed by atoms with Gasteiger partial charge in [-0.05, 0) is 29.1 Å². The van der Waals surface area contributed by atoms with Gasteiger partial charge in [0.15, 0.2) is 0 Å². The Morgan fingerprint density at radius 2 is 2.14 bits per heavy atom. The van der Waals surface area contributed by atoms with Crippen LogP contribution in [-0.2, 0) is 22.3 Å². The summed E-state index contributed by atoms with van der Waals surface area (Å²) in [5, 5.41) is 2.63. The van der Waals surface area contributed by atoms with Crippen LogP contribution >= 0.6 is 22.9 Å². The number of oxazole rings is 1. The minimum Gasteiger partial charge on any atom is -0.444 e. The molecule has 1 aromatic carbocycles. The lowest BCUT2D eigenvalue weighted by Gasteiger charge is -2.01. The molecule has 0 aliphatic carbocycles. The molecule has 3 nitrogen and oxygen atoms in total. The summed E-state index contributed by atoms with van der Waals surface area (Å²) in [6.07, 6.45) is 1.57. The van der Waals surface area contributed by atoms with Crippen LogP contribution in [0.15, 0.2) is 52.5 Å². The monoisotopic (exact) mass is 337 g/mol. The summed E-state index contributed by atoms with van der Waals surface area (Å²) < 4.78 is 17.6. The Bertz CT molecular complexity index is 753. The highest BCUT2D eigenvalue weighted by Gasteiger charge is 2.11. The van der Waals surface area contributed by atoms with Gasteiger partial charge in [0.2, 0.25) is 5.89 Å². The second-order valence-electron chi connectivity index (χ2n) is 4.48. The van der Waals surface area contributed by atoms with Gasteiger partial charge in [-0.2, -0.15) is 0 Å². The lowest BCUT2D eigenvalue weighted by molar-refractivity contribution is 0.574. The van der Waals surface area contributed by atoms with Crippen molar-refractivity contribution in [3.63, 3.8) is 0 Å². The zero-order chi connectivity index (χ0) is 14.7. The Labute approximate surface area is 134 Å². The number of halogens is 1. The SMILES string of the molecule is O=[S@](Cc1cccc(Cl)c1)Cc1coc(-c2cccs2)n1. The van der Waals surface area contributed by atoms with E-state index in [0.717, 1.165) is 10.4 Å². The number of benzene rings is 1. The van der Waals surface area contributed by atoms with Gasteiger partial charge < -0.3 is 4.42 Å². The molecule has 0 saturated heterocycles. The molecule has 1 atom stereocenters. The number of thiophene rings is 1. The Morgan fingerprint density at radius 1 is 1.24 bits per heavy atom. The van der Waals surface area contributed by atoms with Gasteiger partial charge in [-0.15, -0.1) is 11.3 Å².